The fraction of sp³-hybridized carbons (Fsp3) is 0.636. The molecule has 0 fully saturated rings. The van der Waals surface area contributed by atoms with Crippen molar-refractivity contribution in [2.75, 3.05) is 13.1 Å². The molecular formula is C11H20N4OS. The summed E-state index contributed by atoms with van der Waals surface area (Å²) >= 11 is 1.71. The summed E-state index contributed by atoms with van der Waals surface area (Å²) in [4.78, 5) is 7.88. The molecule has 0 saturated heterocycles. The number of hydrogen-bond donors (Lipinski definition) is 2. The van der Waals surface area contributed by atoms with Gasteiger partial charge in [0.25, 0.3) is 0 Å². The number of hydrogen-bond acceptors (Lipinski definition) is 5. The van der Waals surface area contributed by atoms with Gasteiger partial charge in [-0.15, -0.1) is 11.3 Å². The Bertz CT molecular complexity index is 369. The van der Waals surface area contributed by atoms with E-state index in [9.17, 15) is 0 Å². The fourth-order valence-electron chi connectivity index (χ4n) is 1.59. The van der Waals surface area contributed by atoms with Crippen LogP contribution in [0.15, 0.2) is 5.16 Å². The molecule has 0 bridgehead atoms. The Morgan fingerprint density at radius 3 is 2.71 bits per heavy atom. The van der Waals surface area contributed by atoms with Gasteiger partial charge < -0.3 is 10.9 Å². The van der Waals surface area contributed by atoms with E-state index in [1.54, 1.807) is 11.3 Å². The second-order valence-electron chi connectivity index (χ2n) is 4.05. The summed E-state index contributed by atoms with van der Waals surface area (Å²) < 4.78 is 0. The van der Waals surface area contributed by atoms with Crippen molar-refractivity contribution in [1.29, 1.82) is 0 Å². The number of aromatic nitrogens is 1. The maximum absolute atomic E-state index is 8.59. The highest BCUT2D eigenvalue weighted by atomic mass is 32.1. The van der Waals surface area contributed by atoms with Crippen molar-refractivity contribution in [1.82, 2.24) is 9.88 Å². The van der Waals surface area contributed by atoms with Crippen LogP contribution in [0.5, 0.6) is 0 Å². The molecule has 0 aliphatic carbocycles. The molecule has 1 rings (SSSR count). The van der Waals surface area contributed by atoms with E-state index in [4.69, 9.17) is 10.9 Å². The minimum Gasteiger partial charge on any atom is -0.409 e. The van der Waals surface area contributed by atoms with Gasteiger partial charge in [0.15, 0.2) is 5.84 Å². The second kappa shape index (κ2) is 6.56. The lowest BCUT2D eigenvalue weighted by Gasteiger charge is -2.19. The molecule has 0 atom stereocenters. The normalized spacial score (nSPS) is 12.4. The van der Waals surface area contributed by atoms with Gasteiger partial charge in [0.05, 0.1) is 18.8 Å². The van der Waals surface area contributed by atoms with Crippen molar-refractivity contribution in [2.24, 2.45) is 10.9 Å². The van der Waals surface area contributed by atoms with Crippen molar-refractivity contribution in [3.05, 3.63) is 15.6 Å². The van der Waals surface area contributed by atoms with E-state index >= 15 is 0 Å². The molecule has 0 radical (unpaired) electrons. The van der Waals surface area contributed by atoms with Crippen LogP contribution >= 0.6 is 11.3 Å². The molecule has 0 aliphatic heterocycles. The third-order valence-electron chi connectivity index (χ3n) is 2.49. The minimum absolute atomic E-state index is 0.239. The quantitative estimate of drug-likeness (QED) is 0.352. The topological polar surface area (TPSA) is 74.7 Å². The zero-order valence-electron chi connectivity index (χ0n) is 10.6. The molecule has 0 saturated carbocycles. The Morgan fingerprint density at radius 1 is 1.53 bits per heavy atom. The van der Waals surface area contributed by atoms with Crippen LogP contribution in [0.3, 0.4) is 0 Å². The lowest BCUT2D eigenvalue weighted by Crippen LogP contribution is -2.34. The Hall–Kier alpha value is -1.14. The van der Waals surface area contributed by atoms with E-state index in [2.05, 4.69) is 28.9 Å². The molecule has 0 unspecified atom stereocenters. The first-order valence-electron chi connectivity index (χ1n) is 5.68. The lowest BCUT2D eigenvalue weighted by atomic mass is 10.4. The standard InChI is InChI=1S/C11H20N4OS/c1-4-5-15(6-10(12)14-16)7-11-13-8(2)9(3)17-11/h16H,4-7H2,1-3H3,(H2,12,14). The van der Waals surface area contributed by atoms with Gasteiger partial charge >= 0.3 is 0 Å². The smallest absolute Gasteiger partial charge is 0.153 e. The number of thiazole rings is 1. The van der Waals surface area contributed by atoms with Crippen molar-refractivity contribution in [3.8, 4) is 0 Å². The Morgan fingerprint density at radius 2 is 2.24 bits per heavy atom. The van der Waals surface area contributed by atoms with Crippen LogP contribution < -0.4 is 5.73 Å². The summed E-state index contributed by atoms with van der Waals surface area (Å²) in [6.07, 6.45) is 1.03. The van der Waals surface area contributed by atoms with Crippen LogP contribution in [0, 0.1) is 13.8 Å². The summed E-state index contributed by atoms with van der Waals surface area (Å²) in [5.74, 6) is 0.239. The minimum atomic E-state index is 0.239. The van der Waals surface area contributed by atoms with Gasteiger partial charge in [-0.1, -0.05) is 12.1 Å². The molecule has 3 N–H and O–H groups in total. The number of amidine groups is 1. The van der Waals surface area contributed by atoms with Gasteiger partial charge in [-0.25, -0.2) is 4.98 Å². The van der Waals surface area contributed by atoms with E-state index in [0.717, 1.165) is 30.2 Å². The lowest BCUT2D eigenvalue weighted by molar-refractivity contribution is 0.285. The van der Waals surface area contributed by atoms with Gasteiger partial charge in [0.1, 0.15) is 5.01 Å². The Labute approximate surface area is 106 Å². The van der Waals surface area contributed by atoms with E-state index in [1.165, 1.54) is 4.88 Å². The first kappa shape index (κ1) is 13.9. The van der Waals surface area contributed by atoms with Gasteiger partial charge in [-0.05, 0) is 26.8 Å². The third kappa shape index (κ3) is 4.32. The highest BCUT2D eigenvalue weighted by Crippen LogP contribution is 2.18. The highest BCUT2D eigenvalue weighted by molar-refractivity contribution is 7.11. The molecule has 0 aromatic carbocycles. The molecule has 17 heavy (non-hydrogen) atoms. The maximum atomic E-state index is 8.59. The van der Waals surface area contributed by atoms with Crippen LogP contribution in [-0.4, -0.2) is 34.0 Å². The summed E-state index contributed by atoms with van der Waals surface area (Å²) in [5.41, 5.74) is 6.62. The summed E-state index contributed by atoms with van der Waals surface area (Å²) in [5, 5.41) is 12.7. The highest BCUT2D eigenvalue weighted by Gasteiger charge is 2.11. The predicted molar refractivity (Wildman–Crippen MR) is 70.6 cm³/mol. The molecule has 0 spiro atoms. The molecule has 0 aliphatic rings. The molecule has 1 heterocycles. The average molecular weight is 256 g/mol. The zero-order chi connectivity index (χ0) is 12.8. The molecule has 1 aromatic rings. The zero-order valence-corrected chi connectivity index (χ0v) is 11.4. The van der Waals surface area contributed by atoms with Crippen molar-refractivity contribution in [3.63, 3.8) is 0 Å². The van der Waals surface area contributed by atoms with Crippen LogP contribution in [0.25, 0.3) is 0 Å². The number of nitrogens with zero attached hydrogens (tertiary/aromatic N) is 3. The van der Waals surface area contributed by atoms with Gasteiger partial charge in [0, 0.05) is 4.88 Å². The first-order valence-corrected chi connectivity index (χ1v) is 6.50. The molecule has 6 heteroatoms. The van der Waals surface area contributed by atoms with Crippen molar-refractivity contribution >= 4 is 17.2 Å². The number of nitrogens with two attached hydrogens (primary N) is 1. The summed E-state index contributed by atoms with van der Waals surface area (Å²) in [7, 11) is 0. The van der Waals surface area contributed by atoms with E-state index < -0.39 is 0 Å². The molecule has 1 aromatic heterocycles. The summed E-state index contributed by atoms with van der Waals surface area (Å²) in [6.45, 7) is 8.34. The molecular weight excluding hydrogens is 236 g/mol. The Balaban J connectivity index is 2.65. The number of aryl methyl sites for hydroxylation is 2. The maximum Gasteiger partial charge on any atom is 0.153 e. The predicted octanol–water partition coefficient (Wildman–Crippen LogP) is 1.72. The van der Waals surface area contributed by atoms with Crippen LogP contribution in [-0.2, 0) is 6.54 Å². The molecule has 96 valence electrons. The largest absolute Gasteiger partial charge is 0.409 e. The van der Waals surface area contributed by atoms with Crippen molar-refractivity contribution in [2.45, 2.75) is 33.7 Å². The van der Waals surface area contributed by atoms with Crippen molar-refractivity contribution < 1.29 is 5.21 Å². The molecule has 0 amide bonds. The SMILES string of the molecule is CCCN(CC(N)=NO)Cc1nc(C)c(C)s1. The number of rotatable bonds is 6. The van der Waals surface area contributed by atoms with E-state index in [1.807, 2.05) is 6.92 Å². The van der Waals surface area contributed by atoms with Crippen LogP contribution in [0.4, 0.5) is 0 Å². The third-order valence-corrected chi connectivity index (χ3v) is 3.54. The molecule has 5 nitrogen and oxygen atoms in total. The van der Waals surface area contributed by atoms with Gasteiger partial charge in [-0.2, -0.15) is 0 Å². The fourth-order valence-corrected chi connectivity index (χ4v) is 2.57. The van der Waals surface area contributed by atoms with Gasteiger partial charge in [0.2, 0.25) is 0 Å². The van der Waals surface area contributed by atoms with E-state index in [-0.39, 0.29) is 5.84 Å². The van der Waals surface area contributed by atoms with E-state index in [0.29, 0.717) is 6.54 Å². The summed E-state index contributed by atoms with van der Waals surface area (Å²) in [6, 6.07) is 0. The van der Waals surface area contributed by atoms with Gasteiger partial charge in [-0.3, -0.25) is 4.90 Å². The first-order chi connectivity index (χ1) is 8.06. The Kier molecular flexibility index (Phi) is 5.37. The van der Waals surface area contributed by atoms with Crippen LogP contribution in [0.2, 0.25) is 0 Å². The monoisotopic (exact) mass is 256 g/mol. The van der Waals surface area contributed by atoms with Crippen LogP contribution in [0.1, 0.15) is 28.9 Å². The number of oxime groups is 1. The average Bonchev–Trinajstić information content (AvgIpc) is 2.58. The second-order valence-corrected chi connectivity index (χ2v) is 5.34.